The molecule has 0 saturated heterocycles. The van der Waals surface area contributed by atoms with Crippen molar-refractivity contribution in [1.82, 2.24) is 5.32 Å². The Bertz CT molecular complexity index is 147. The van der Waals surface area contributed by atoms with Crippen molar-refractivity contribution in [1.29, 1.82) is 0 Å². The summed E-state index contributed by atoms with van der Waals surface area (Å²) in [6.07, 6.45) is 2.85. The van der Waals surface area contributed by atoms with Gasteiger partial charge in [-0.2, -0.15) is 0 Å². The second-order valence-corrected chi connectivity index (χ2v) is 4.48. The van der Waals surface area contributed by atoms with Crippen LogP contribution in [0.25, 0.3) is 0 Å². The van der Waals surface area contributed by atoms with E-state index in [9.17, 15) is 4.79 Å². The Labute approximate surface area is 82.1 Å². The number of ketones is 1. The zero-order valence-corrected chi connectivity index (χ0v) is 9.44. The molecular formula is C11H23NO. The van der Waals surface area contributed by atoms with E-state index in [1.165, 1.54) is 0 Å². The van der Waals surface area contributed by atoms with Crippen LogP contribution in [-0.4, -0.2) is 18.9 Å². The van der Waals surface area contributed by atoms with Gasteiger partial charge in [0.2, 0.25) is 0 Å². The van der Waals surface area contributed by atoms with Gasteiger partial charge >= 0.3 is 0 Å². The molecule has 2 heteroatoms. The molecule has 0 aliphatic carbocycles. The van der Waals surface area contributed by atoms with Gasteiger partial charge in [0.1, 0.15) is 5.78 Å². The minimum atomic E-state index is -0.155. The number of unbranched alkanes of at least 4 members (excludes halogenated alkanes) is 1. The molecule has 0 atom stereocenters. The predicted molar refractivity (Wildman–Crippen MR) is 56.9 cm³/mol. The Hall–Kier alpha value is -0.370. The Morgan fingerprint density at radius 1 is 1.23 bits per heavy atom. The highest BCUT2D eigenvalue weighted by Gasteiger charge is 2.19. The van der Waals surface area contributed by atoms with Gasteiger partial charge in [-0.3, -0.25) is 4.79 Å². The highest BCUT2D eigenvalue weighted by Crippen LogP contribution is 2.17. The van der Waals surface area contributed by atoms with E-state index < -0.39 is 0 Å². The second kappa shape index (κ2) is 6.14. The number of hydrogen-bond donors (Lipinski definition) is 1. The summed E-state index contributed by atoms with van der Waals surface area (Å²) < 4.78 is 0. The molecule has 13 heavy (non-hydrogen) atoms. The summed E-state index contributed by atoms with van der Waals surface area (Å²) in [4.78, 5) is 11.5. The molecule has 0 aromatic rings. The lowest BCUT2D eigenvalue weighted by Crippen LogP contribution is -2.20. The number of Topliss-reactive ketones (excluding diaryl/α,β-unsaturated/α-hetero) is 1. The molecule has 0 radical (unpaired) electrons. The molecule has 0 bridgehead atoms. The van der Waals surface area contributed by atoms with E-state index in [4.69, 9.17) is 0 Å². The third-order valence-electron chi connectivity index (χ3n) is 2.09. The zero-order valence-electron chi connectivity index (χ0n) is 9.44. The first-order chi connectivity index (χ1) is 5.98. The highest BCUT2D eigenvalue weighted by molar-refractivity contribution is 5.83. The van der Waals surface area contributed by atoms with E-state index in [-0.39, 0.29) is 5.41 Å². The Kier molecular flexibility index (Phi) is 5.97. The monoisotopic (exact) mass is 185 g/mol. The maximum Gasteiger partial charge on any atom is 0.138 e. The minimum Gasteiger partial charge on any atom is -0.317 e. The fourth-order valence-corrected chi connectivity index (χ4v) is 1.09. The van der Waals surface area contributed by atoms with Gasteiger partial charge in [-0.05, 0) is 25.9 Å². The van der Waals surface area contributed by atoms with Crippen molar-refractivity contribution >= 4 is 5.78 Å². The normalized spacial score (nSPS) is 11.7. The molecule has 2 nitrogen and oxygen atoms in total. The zero-order chi connectivity index (χ0) is 10.3. The first-order valence-corrected chi connectivity index (χ1v) is 5.22. The summed E-state index contributed by atoms with van der Waals surface area (Å²) in [6.45, 7) is 10.1. The Balaban J connectivity index is 3.38. The number of carbonyl (C=O) groups is 1. The molecule has 0 unspecified atom stereocenters. The van der Waals surface area contributed by atoms with Gasteiger partial charge in [-0.1, -0.05) is 27.7 Å². The molecule has 0 aromatic carbocycles. The van der Waals surface area contributed by atoms with Gasteiger partial charge < -0.3 is 5.32 Å². The Morgan fingerprint density at radius 3 is 2.31 bits per heavy atom. The van der Waals surface area contributed by atoms with Crippen LogP contribution >= 0.6 is 0 Å². The first-order valence-electron chi connectivity index (χ1n) is 5.22. The fraction of sp³-hybridized carbons (Fsp3) is 0.909. The van der Waals surface area contributed by atoms with E-state index in [1.807, 2.05) is 20.8 Å². The van der Waals surface area contributed by atoms with Gasteiger partial charge in [0.25, 0.3) is 0 Å². The van der Waals surface area contributed by atoms with Crippen molar-refractivity contribution in [2.75, 3.05) is 13.1 Å². The number of rotatable bonds is 6. The summed E-state index contributed by atoms with van der Waals surface area (Å²) in [5.41, 5.74) is -0.155. The molecule has 0 fully saturated rings. The van der Waals surface area contributed by atoms with Crippen molar-refractivity contribution in [3.05, 3.63) is 0 Å². The van der Waals surface area contributed by atoms with Crippen molar-refractivity contribution in [2.24, 2.45) is 5.41 Å². The molecule has 0 saturated carbocycles. The van der Waals surface area contributed by atoms with E-state index in [2.05, 4.69) is 12.2 Å². The topological polar surface area (TPSA) is 29.1 Å². The maximum atomic E-state index is 11.5. The van der Waals surface area contributed by atoms with E-state index in [0.29, 0.717) is 5.78 Å². The standard InChI is InChI=1S/C11H23NO/c1-5-12-9-7-6-8-10(13)11(2,3)4/h12H,5-9H2,1-4H3. The lowest BCUT2D eigenvalue weighted by atomic mass is 9.88. The summed E-state index contributed by atoms with van der Waals surface area (Å²) in [5.74, 6) is 0.379. The molecule has 0 aliphatic rings. The predicted octanol–water partition coefficient (Wildman–Crippen LogP) is 2.38. The SMILES string of the molecule is CCNCCCCC(=O)C(C)(C)C. The van der Waals surface area contributed by atoms with Crippen LogP contribution in [0.5, 0.6) is 0 Å². The van der Waals surface area contributed by atoms with Gasteiger partial charge in [-0.15, -0.1) is 0 Å². The second-order valence-electron chi connectivity index (χ2n) is 4.48. The van der Waals surface area contributed by atoms with Crippen LogP contribution in [0.4, 0.5) is 0 Å². The highest BCUT2D eigenvalue weighted by atomic mass is 16.1. The van der Waals surface area contributed by atoms with E-state index >= 15 is 0 Å². The van der Waals surface area contributed by atoms with Crippen LogP contribution in [0.3, 0.4) is 0 Å². The van der Waals surface area contributed by atoms with Gasteiger partial charge in [-0.25, -0.2) is 0 Å². The summed E-state index contributed by atoms with van der Waals surface area (Å²) in [7, 11) is 0. The van der Waals surface area contributed by atoms with Crippen LogP contribution in [0.15, 0.2) is 0 Å². The molecule has 0 aliphatic heterocycles. The van der Waals surface area contributed by atoms with Crippen LogP contribution in [0.1, 0.15) is 47.0 Å². The van der Waals surface area contributed by atoms with Gasteiger partial charge in [0.15, 0.2) is 0 Å². The number of carbonyl (C=O) groups excluding carboxylic acids is 1. The largest absolute Gasteiger partial charge is 0.317 e. The van der Waals surface area contributed by atoms with Crippen LogP contribution < -0.4 is 5.32 Å². The van der Waals surface area contributed by atoms with Crippen LogP contribution in [-0.2, 0) is 4.79 Å². The maximum absolute atomic E-state index is 11.5. The summed E-state index contributed by atoms with van der Waals surface area (Å²) >= 11 is 0. The average Bonchev–Trinajstić information content (AvgIpc) is 2.02. The molecule has 0 amide bonds. The van der Waals surface area contributed by atoms with Crippen molar-refractivity contribution in [3.8, 4) is 0 Å². The molecule has 78 valence electrons. The minimum absolute atomic E-state index is 0.155. The lowest BCUT2D eigenvalue weighted by molar-refractivity contribution is -0.126. The summed E-state index contributed by atoms with van der Waals surface area (Å²) in [6, 6.07) is 0. The van der Waals surface area contributed by atoms with Crippen molar-refractivity contribution < 1.29 is 4.79 Å². The van der Waals surface area contributed by atoms with Crippen LogP contribution in [0, 0.1) is 5.41 Å². The number of hydrogen-bond acceptors (Lipinski definition) is 2. The van der Waals surface area contributed by atoms with Crippen molar-refractivity contribution in [2.45, 2.75) is 47.0 Å². The molecule has 0 spiro atoms. The lowest BCUT2D eigenvalue weighted by Gasteiger charge is -2.16. The van der Waals surface area contributed by atoms with E-state index in [1.54, 1.807) is 0 Å². The summed E-state index contributed by atoms with van der Waals surface area (Å²) in [5, 5.41) is 3.25. The van der Waals surface area contributed by atoms with Crippen LogP contribution in [0.2, 0.25) is 0 Å². The van der Waals surface area contributed by atoms with Gasteiger partial charge in [0, 0.05) is 11.8 Å². The fourth-order valence-electron chi connectivity index (χ4n) is 1.09. The molecule has 0 aromatic heterocycles. The molecular weight excluding hydrogens is 162 g/mol. The quantitative estimate of drug-likeness (QED) is 0.644. The van der Waals surface area contributed by atoms with E-state index in [0.717, 1.165) is 32.4 Å². The molecule has 1 N–H and O–H groups in total. The smallest absolute Gasteiger partial charge is 0.138 e. The van der Waals surface area contributed by atoms with Crippen molar-refractivity contribution in [3.63, 3.8) is 0 Å². The molecule has 0 heterocycles. The number of nitrogens with one attached hydrogen (secondary N) is 1. The first kappa shape index (κ1) is 12.6. The van der Waals surface area contributed by atoms with Gasteiger partial charge in [0.05, 0.1) is 0 Å². The Morgan fingerprint density at radius 2 is 1.85 bits per heavy atom. The third kappa shape index (κ3) is 6.76. The molecule has 0 rings (SSSR count). The third-order valence-corrected chi connectivity index (χ3v) is 2.09. The average molecular weight is 185 g/mol.